The minimum Gasteiger partial charge on any atom is -0.396 e. The molecule has 1 aromatic rings. The maximum atomic E-state index is 9.59. The van der Waals surface area contributed by atoms with Crippen LogP contribution in [0.25, 0.3) is 0 Å². The van der Waals surface area contributed by atoms with Crippen LogP contribution in [0.2, 0.25) is 0 Å². The van der Waals surface area contributed by atoms with Crippen LogP contribution in [0.15, 0.2) is 12.4 Å². The molecule has 1 unspecified atom stereocenters. The van der Waals surface area contributed by atoms with Crippen molar-refractivity contribution in [3.63, 3.8) is 0 Å². The molecule has 1 aromatic heterocycles. The first-order chi connectivity index (χ1) is 16.0. The number of hydrogen-bond donors (Lipinski definition) is 1. The van der Waals surface area contributed by atoms with Crippen molar-refractivity contribution in [2.75, 3.05) is 6.61 Å². The van der Waals surface area contributed by atoms with E-state index < -0.39 is 0 Å². The van der Waals surface area contributed by atoms with E-state index in [2.05, 4.69) is 31.9 Å². The van der Waals surface area contributed by atoms with Gasteiger partial charge in [-0.25, -0.2) is 0 Å². The topological polar surface area (TPSA) is 61.8 Å². The average Bonchev–Trinajstić information content (AvgIpc) is 3.41. The standard InChI is InChI=1S/C29H47N3O/c1-4-5-6-8-23-10-11-26-25(24(23)9-7-16-33)14-15-29(3)27(12-13-28(26)29)21(2)19-32-20-22(17-30)18-31-32/h18,20-21,23-28,33H,4-16,19H2,1-3H3/t21-,23+,24+,25-,26-,27?,28+,29-/m1/s1. The fourth-order valence-corrected chi connectivity index (χ4v) is 8.94. The van der Waals surface area contributed by atoms with Crippen LogP contribution >= 0.6 is 0 Å². The van der Waals surface area contributed by atoms with Crippen LogP contribution in [0, 0.1) is 58.2 Å². The molecule has 3 aliphatic rings. The molecule has 0 aromatic carbocycles. The molecule has 0 amide bonds. The van der Waals surface area contributed by atoms with Gasteiger partial charge in [0.05, 0.1) is 11.8 Å². The lowest BCUT2D eigenvalue weighted by Gasteiger charge is -2.55. The molecular weight excluding hydrogens is 406 g/mol. The zero-order valence-electron chi connectivity index (χ0n) is 21.4. The van der Waals surface area contributed by atoms with Crippen molar-refractivity contribution in [3.8, 4) is 6.07 Å². The molecule has 0 bridgehead atoms. The Kier molecular flexibility index (Phi) is 8.21. The molecule has 0 saturated heterocycles. The Hall–Kier alpha value is -1.34. The summed E-state index contributed by atoms with van der Waals surface area (Å²) in [6.45, 7) is 8.65. The number of unbranched alkanes of at least 4 members (excludes halogenated alkanes) is 2. The van der Waals surface area contributed by atoms with E-state index in [1.807, 2.05) is 10.9 Å². The lowest BCUT2D eigenvalue weighted by atomic mass is 9.50. The van der Waals surface area contributed by atoms with Gasteiger partial charge in [0.25, 0.3) is 0 Å². The molecule has 3 saturated carbocycles. The Morgan fingerprint density at radius 2 is 2.00 bits per heavy atom. The fourth-order valence-electron chi connectivity index (χ4n) is 8.94. The maximum Gasteiger partial charge on any atom is 0.102 e. The number of rotatable bonds is 10. The molecule has 0 spiro atoms. The SMILES string of the molecule is CCCCC[C@H]1CC[C@@H]2[C@H](CC[C@]3(C)C([C@H](C)Cn4cc(C#N)cn4)CC[C@@H]23)[C@H]1CCCO. The van der Waals surface area contributed by atoms with Gasteiger partial charge in [0.2, 0.25) is 0 Å². The lowest BCUT2D eigenvalue weighted by molar-refractivity contribution is -0.0645. The molecule has 4 rings (SSSR count). The first-order valence-corrected chi connectivity index (χ1v) is 14.0. The zero-order valence-corrected chi connectivity index (χ0v) is 21.4. The summed E-state index contributed by atoms with van der Waals surface area (Å²) < 4.78 is 2.00. The maximum absolute atomic E-state index is 9.59. The molecule has 4 nitrogen and oxygen atoms in total. The van der Waals surface area contributed by atoms with E-state index in [0.717, 1.165) is 48.5 Å². The summed E-state index contributed by atoms with van der Waals surface area (Å²) in [5.74, 6) is 5.79. The van der Waals surface area contributed by atoms with Crippen LogP contribution in [0.3, 0.4) is 0 Å². The van der Waals surface area contributed by atoms with Crippen LogP contribution in [0.4, 0.5) is 0 Å². The summed E-state index contributed by atoms with van der Waals surface area (Å²) >= 11 is 0. The Bertz CT molecular complexity index is 797. The summed E-state index contributed by atoms with van der Waals surface area (Å²) in [5.41, 5.74) is 1.13. The molecule has 8 atom stereocenters. The first-order valence-electron chi connectivity index (χ1n) is 14.0. The smallest absolute Gasteiger partial charge is 0.102 e. The van der Waals surface area contributed by atoms with E-state index in [1.54, 1.807) is 6.20 Å². The largest absolute Gasteiger partial charge is 0.396 e. The van der Waals surface area contributed by atoms with Gasteiger partial charge in [0.15, 0.2) is 0 Å². The van der Waals surface area contributed by atoms with E-state index in [0.29, 0.717) is 23.5 Å². The Labute approximate surface area is 202 Å². The normalized spacial score (nSPS) is 36.7. The van der Waals surface area contributed by atoms with Crippen molar-refractivity contribution in [2.45, 2.75) is 104 Å². The number of aromatic nitrogens is 2. The molecule has 3 aliphatic carbocycles. The Balaban J connectivity index is 1.45. The van der Waals surface area contributed by atoms with Crippen molar-refractivity contribution in [3.05, 3.63) is 18.0 Å². The molecule has 1 heterocycles. The van der Waals surface area contributed by atoms with Gasteiger partial charge in [0.1, 0.15) is 6.07 Å². The molecule has 1 N–H and O–H groups in total. The summed E-state index contributed by atoms with van der Waals surface area (Å²) in [4.78, 5) is 0. The van der Waals surface area contributed by atoms with Crippen LogP contribution < -0.4 is 0 Å². The van der Waals surface area contributed by atoms with Crippen LogP contribution in [0.5, 0.6) is 0 Å². The minimum atomic E-state index is 0.358. The summed E-state index contributed by atoms with van der Waals surface area (Å²) in [5, 5.41) is 23.2. The fraction of sp³-hybridized carbons (Fsp3) is 0.862. The second kappa shape index (κ2) is 10.9. The number of aliphatic hydroxyl groups is 1. The molecule has 33 heavy (non-hydrogen) atoms. The van der Waals surface area contributed by atoms with E-state index in [4.69, 9.17) is 5.26 Å². The zero-order chi connectivity index (χ0) is 23.4. The Morgan fingerprint density at radius 3 is 2.73 bits per heavy atom. The monoisotopic (exact) mass is 453 g/mol. The molecule has 184 valence electrons. The van der Waals surface area contributed by atoms with Crippen molar-refractivity contribution in [1.29, 1.82) is 5.26 Å². The van der Waals surface area contributed by atoms with Gasteiger partial charge in [-0.1, -0.05) is 46.5 Å². The van der Waals surface area contributed by atoms with Crippen molar-refractivity contribution >= 4 is 0 Å². The summed E-state index contributed by atoms with van der Waals surface area (Å²) in [7, 11) is 0. The molecule has 0 aliphatic heterocycles. The lowest BCUT2D eigenvalue weighted by Crippen LogP contribution is -2.48. The van der Waals surface area contributed by atoms with Crippen LogP contribution in [-0.4, -0.2) is 21.5 Å². The van der Waals surface area contributed by atoms with Gasteiger partial charge in [-0.3, -0.25) is 4.68 Å². The van der Waals surface area contributed by atoms with Crippen LogP contribution in [0.1, 0.15) is 103 Å². The van der Waals surface area contributed by atoms with Crippen molar-refractivity contribution < 1.29 is 5.11 Å². The molecule has 3 fully saturated rings. The van der Waals surface area contributed by atoms with Crippen molar-refractivity contribution in [1.82, 2.24) is 9.78 Å². The van der Waals surface area contributed by atoms with Gasteiger partial charge >= 0.3 is 0 Å². The highest BCUT2D eigenvalue weighted by atomic mass is 16.2. The van der Waals surface area contributed by atoms with Gasteiger partial charge in [-0.15, -0.1) is 0 Å². The molecule has 0 radical (unpaired) electrons. The number of fused-ring (bicyclic) bond motifs is 3. The highest BCUT2D eigenvalue weighted by Crippen LogP contribution is 2.65. The van der Waals surface area contributed by atoms with Gasteiger partial charge in [-0.2, -0.15) is 10.4 Å². The summed E-state index contributed by atoms with van der Waals surface area (Å²) in [6, 6.07) is 2.21. The van der Waals surface area contributed by atoms with E-state index in [1.165, 1.54) is 70.6 Å². The van der Waals surface area contributed by atoms with E-state index in [-0.39, 0.29) is 0 Å². The third-order valence-electron chi connectivity index (χ3n) is 10.4. The van der Waals surface area contributed by atoms with Gasteiger partial charge < -0.3 is 5.11 Å². The van der Waals surface area contributed by atoms with Gasteiger partial charge in [-0.05, 0) is 98.2 Å². The summed E-state index contributed by atoms with van der Waals surface area (Å²) in [6.07, 6.45) is 19.8. The van der Waals surface area contributed by atoms with Crippen LogP contribution in [-0.2, 0) is 6.54 Å². The third kappa shape index (κ3) is 5.04. The number of aliphatic hydroxyl groups excluding tert-OH is 1. The van der Waals surface area contributed by atoms with E-state index >= 15 is 0 Å². The highest BCUT2D eigenvalue weighted by Gasteiger charge is 2.57. The van der Waals surface area contributed by atoms with E-state index in [9.17, 15) is 5.11 Å². The predicted molar refractivity (Wildman–Crippen MR) is 133 cm³/mol. The molecular formula is C29H47N3O. The average molecular weight is 454 g/mol. The Morgan fingerprint density at radius 1 is 1.15 bits per heavy atom. The first kappa shape index (κ1) is 24.8. The predicted octanol–water partition coefficient (Wildman–Crippen LogP) is 6.83. The number of hydrogen-bond acceptors (Lipinski definition) is 3. The second-order valence-corrected chi connectivity index (χ2v) is 12.1. The highest BCUT2D eigenvalue weighted by molar-refractivity contribution is 5.21. The quantitative estimate of drug-likeness (QED) is 0.395. The second-order valence-electron chi connectivity index (χ2n) is 12.1. The van der Waals surface area contributed by atoms with Gasteiger partial charge in [0, 0.05) is 19.3 Å². The minimum absolute atomic E-state index is 0.358. The number of nitrogens with zero attached hydrogens (tertiary/aromatic N) is 3. The third-order valence-corrected chi connectivity index (χ3v) is 10.4. The van der Waals surface area contributed by atoms with Crippen molar-refractivity contribution in [2.24, 2.45) is 46.8 Å². The molecule has 4 heteroatoms. The number of nitriles is 1.